The number of imidazole rings is 1. The van der Waals surface area contributed by atoms with Crippen molar-refractivity contribution >= 4 is 16.7 Å². The van der Waals surface area contributed by atoms with E-state index in [1.54, 1.807) is 7.05 Å². The zero-order valence-corrected chi connectivity index (χ0v) is 19.0. The summed E-state index contributed by atoms with van der Waals surface area (Å²) >= 11 is 0. The molecule has 3 rings (SSSR count). The van der Waals surface area contributed by atoms with Crippen molar-refractivity contribution < 1.29 is 9.44 Å². The molecule has 32 heavy (non-hydrogen) atoms. The van der Waals surface area contributed by atoms with Crippen molar-refractivity contribution in [2.24, 2.45) is 14.1 Å². The number of hydrogen-bond donors (Lipinski definition) is 0. The Bertz CT molecular complexity index is 1320. The molecule has 2 heterocycles. The lowest BCUT2D eigenvalue weighted by Gasteiger charge is -2.13. The van der Waals surface area contributed by atoms with Crippen LogP contribution in [-0.4, -0.2) is 25.3 Å². The van der Waals surface area contributed by atoms with Gasteiger partial charge in [-0.1, -0.05) is 50.1 Å². The zero-order chi connectivity index (χ0) is 22.7. The summed E-state index contributed by atoms with van der Waals surface area (Å²) in [6.07, 6.45) is 1.26. The Balaban J connectivity index is 0.00000363. The number of nitrogens with zero attached hydrogens (tertiary/aromatic N) is 4. The van der Waals surface area contributed by atoms with Crippen LogP contribution in [0.3, 0.4) is 0 Å². The highest BCUT2D eigenvalue weighted by Gasteiger charge is 2.21. The van der Waals surface area contributed by atoms with Gasteiger partial charge in [-0.15, -0.1) is 0 Å². The number of hydrogen-bond acceptors (Lipinski definition) is 4. The molecule has 0 amide bonds. The van der Waals surface area contributed by atoms with E-state index >= 15 is 0 Å². The monoisotopic (exact) mass is 440 g/mol. The van der Waals surface area contributed by atoms with Gasteiger partial charge in [0.05, 0.1) is 6.61 Å². The molecule has 170 valence electrons. The molecule has 1 aromatic carbocycles. The fourth-order valence-electron chi connectivity index (χ4n) is 3.61. The van der Waals surface area contributed by atoms with Gasteiger partial charge in [0.2, 0.25) is 0 Å². The molecule has 7 nitrogen and oxygen atoms in total. The van der Waals surface area contributed by atoms with Crippen molar-refractivity contribution in [1.29, 1.82) is 0 Å². The Labute approximate surface area is 186 Å². The molecular formula is C24H29FN4O3. The quantitative estimate of drug-likeness (QED) is 0.398. The largest absolute Gasteiger partial charge is 0.490 e. The van der Waals surface area contributed by atoms with Gasteiger partial charge in [0.1, 0.15) is 11.6 Å². The van der Waals surface area contributed by atoms with Gasteiger partial charge in [0.15, 0.2) is 11.2 Å². The van der Waals surface area contributed by atoms with E-state index in [9.17, 15) is 9.59 Å². The number of ether oxygens (including phenoxy) is 1. The lowest BCUT2D eigenvalue weighted by atomic mass is 10.1. The number of allylic oxidation sites excluding steroid dienone is 1. The molecule has 0 saturated heterocycles. The number of aromatic nitrogens is 4. The third kappa shape index (κ3) is 4.50. The van der Waals surface area contributed by atoms with Crippen molar-refractivity contribution in [3.8, 4) is 0 Å². The van der Waals surface area contributed by atoms with Gasteiger partial charge >= 0.3 is 5.69 Å². The molecule has 8 heteroatoms. The first-order valence-electron chi connectivity index (χ1n) is 10.3. The Morgan fingerprint density at radius 1 is 1.16 bits per heavy atom. The lowest BCUT2D eigenvalue weighted by Crippen LogP contribution is -2.37. The molecule has 0 aliphatic heterocycles. The average Bonchev–Trinajstić information content (AvgIpc) is 3.15. The zero-order valence-electron chi connectivity index (χ0n) is 19.0. The maximum absolute atomic E-state index is 13.1. The van der Waals surface area contributed by atoms with E-state index in [-0.39, 0.29) is 10.3 Å². The van der Waals surface area contributed by atoms with Crippen LogP contribution in [0.5, 0.6) is 0 Å². The predicted molar refractivity (Wildman–Crippen MR) is 126 cm³/mol. The lowest BCUT2D eigenvalue weighted by molar-refractivity contribution is 0.226. The van der Waals surface area contributed by atoms with Crippen LogP contribution in [0.15, 0.2) is 58.5 Å². The van der Waals surface area contributed by atoms with Crippen LogP contribution in [0.2, 0.25) is 0 Å². The minimum atomic E-state index is -0.423. The van der Waals surface area contributed by atoms with E-state index in [0.29, 0.717) is 47.9 Å². The fourth-order valence-corrected chi connectivity index (χ4v) is 3.61. The molecular weight excluding hydrogens is 411 g/mol. The summed E-state index contributed by atoms with van der Waals surface area (Å²) in [6.45, 7) is 12.8. The standard InChI is InChI=1S/C24H28N4O3.FH/c1-7-17-11-10-12-18(14-17)15-28-20-22(26(5)24(30)27(6)23(20)29)25-21(28)16(4)13-19(8-2)31-9-3;/h10-12,14H,2,4,7,9,13,15H2,1,3,5-6H3;1H. The molecule has 0 spiro atoms. The molecule has 0 aliphatic rings. The van der Waals surface area contributed by atoms with E-state index in [1.165, 1.54) is 17.2 Å². The Morgan fingerprint density at radius 2 is 1.84 bits per heavy atom. The predicted octanol–water partition coefficient (Wildman–Crippen LogP) is 3.31. The normalized spacial score (nSPS) is 10.5. The van der Waals surface area contributed by atoms with Crippen LogP contribution < -0.4 is 11.2 Å². The third-order valence-corrected chi connectivity index (χ3v) is 5.29. The van der Waals surface area contributed by atoms with Gasteiger partial charge in [-0.2, -0.15) is 0 Å². The maximum Gasteiger partial charge on any atom is 0.332 e. The van der Waals surface area contributed by atoms with Crippen LogP contribution in [-0.2, 0) is 31.8 Å². The Hall–Kier alpha value is -3.64. The molecule has 2 aromatic heterocycles. The molecule has 0 unspecified atom stereocenters. The van der Waals surface area contributed by atoms with Crippen molar-refractivity contribution in [3.05, 3.63) is 86.7 Å². The minimum absolute atomic E-state index is 0. The highest BCUT2D eigenvalue weighted by molar-refractivity contribution is 5.76. The minimum Gasteiger partial charge on any atom is -0.490 e. The summed E-state index contributed by atoms with van der Waals surface area (Å²) in [6, 6.07) is 8.20. The number of benzene rings is 1. The van der Waals surface area contributed by atoms with Gasteiger partial charge in [0.25, 0.3) is 5.56 Å². The Morgan fingerprint density at radius 3 is 2.47 bits per heavy atom. The molecule has 0 aliphatic carbocycles. The summed E-state index contributed by atoms with van der Waals surface area (Å²) < 4.78 is 9.88. The average molecular weight is 441 g/mol. The second-order valence-corrected chi connectivity index (χ2v) is 7.39. The topological polar surface area (TPSA) is 71.0 Å². The van der Waals surface area contributed by atoms with Crippen LogP contribution in [0, 0.1) is 0 Å². The summed E-state index contributed by atoms with van der Waals surface area (Å²) in [7, 11) is 3.09. The maximum atomic E-state index is 13.1. The smallest absolute Gasteiger partial charge is 0.332 e. The molecule has 0 radical (unpaired) electrons. The first kappa shape index (κ1) is 24.6. The van der Waals surface area contributed by atoms with Crippen molar-refractivity contribution in [2.75, 3.05) is 6.61 Å². The van der Waals surface area contributed by atoms with E-state index < -0.39 is 5.69 Å². The van der Waals surface area contributed by atoms with Gasteiger partial charge in [0, 0.05) is 27.1 Å². The van der Waals surface area contributed by atoms with Crippen molar-refractivity contribution in [1.82, 2.24) is 18.7 Å². The summed E-state index contributed by atoms with van der Waals surface area (Å²) in [4.78, 5) is 30.2. The van der Waals surface area contributed by atoms with Crippen LogP contribution in [0.4, 0.5) is 4.70 Å². The van der Waals surface area contributed by atoms with Gasteiger partial charge < -0.3 is 9.30 Å². The summed E-state index contributed by atoms with van der Waals surface area (Å²) in [5.74, 6) is 1.09. The van der Waals surface area contributed by atoms with E-state index in [0.717, 1.165) is 16.6 Å². The molecule has 0 bridgehead atoms. The van der Waals surface area contributed by atoms with Gasteiger partial charge in [-0.3, -0.25) is 18.6 Å². The molecule has 0 N–H and O–H groups in total. The number of fused-ring (bicyclic) bond motifs is 1. The van der Waals surface area contributed by atoms with E-state index in [4.69, 9.17) is 4.74 Å². The van der Waals surface area contributed by atoms with Gasteiger partial charge in [-0.05, 0) is 30.0 Å². The highest BCUT2D eigenvalue weighted by Crippen LogP contribution is 2.24. The first-order chi connectivity index (χ1) is 14.8. The molecule has 3 aromatic rings. The Kier molecular flexibility index (Phi) is 7.78. The van der Waals surface area contributed by atoms with Crippen LogP contribution >= 0.6 is 0 Å². The second kappa shape index (κ2) is 10.1. The first-order valence-corrected chi connectivity index (χ1v) is 10.3. The SMILES string of the molecule is C=C=C(CC(=C)c1nc2c(c(=O)n(C)c(=O)n2C)n1Cc1cccc(CC)c1)OCC.F. The van der Waals surface area contributed by atoms with Crippen LogP contribution in [0.25, 0.3) is 16.7 Å². The number of rotatable bonds is 8. The summed E-state index contributed by atoms with van der Waals surface area (Å²) in [5, 5.41) is 0. The van der Waals surface area contributed by atoms with E-state index in [1.807, 2.05) is 23.6 Å². The molecule has 0 atom stereocenters. The number of aryl methyl sites for hydroxylation is 2. The van der Waals surface area contributed by atoms with Crippen molar-refractivity contribution in [3.63, 3.8) is 0 Å². The highest BCUT2D eigenvalue weighted by atomic mass is 19.0. The number of halogens is 1. The van der Waals surface area contributed by atoms with Crippen molar-refractivity contribution in [2.45, 2.75) is 33.2 Å². The summed E-state index contributed by atoms with van der Waals surface area (Å²) in [5.41, 5.74) is 5.56. The molecule has 0 fully saturated rings. The molecule has 0 saturated carbocycles. The van der Waals surface area contributed by atoms with Crippen LogP contribution in [0.1, 0.15) is 37.2 Å². The fraction of sp³-hybridized carbons (Fsp3) is 0.333. The third-order valence-electron chi connectivity index (χ3n) is 5.29. The second-order valence-electron chi connectivity index (χ2n) is 7.39. The van der Waals surface area contributed by atoms with E-state index in [2.05, 4.69) is 42.9 Å². The van der Waals surface area contributed by atoms with Gasteiger partial charge in [-0.25, -0.2) is 9.78 Å².